The van der Waals surface area contributed by atoms with Crippen molar-refractivity contribution < 1.29 is 14.7 Å². The molecule has 2 N–H and O–H groups in total. The SMILES string of the molecule is O=C(O)CCc1ccc(NC(=O)C2CCC2)cc1. The zero-order valence-electron chi connectivity index (χ0n) is 10.2. The molecule has 0 aromatic heterocycles. The molecule has 0 aliphatic heterocycles. The van der Waals surface area contributed by atoms with Crippen molar-refractivity contribution in [2.75, 3.05) is 5.32 Å². The Morgan fingerprint density at radius 2 is 1.89 bits per heavy atom. The minimum Gasteiger partial charge on any atom is -0.481 e. The van der Waals surface area contributed by atoms with Gasteiger partial charge in [0.2, 0.25) is 5.91 Å². The molecular weight excluding hydrogens is 230 g/mol. The number of aryl methyl sites for hydroxylation is 1. The molecular formula is C14H17NO3. The number of hydrogen-bond acceptors (Lipinski definition) is 2. The van der Waals surface area contributed by atoms with Crippen LogP contribution in [0.25, 0.3) is 0 Å². The second-order valence-electron chi connectivity index (χ2n) is 4.71. The van der Waals surface area contributed by atoms with E-state index in [1.165, 1.54) is 0 Å². The molecule has 2 rings (SSSR count). The van der Waals surface area contributed by atoms with Crippen LogP contribution in [0.15, 0.2) is 24.3 Å². The van der Waals surface area contributed by atoms with Gasteiger partial charge >= 0.3 is 5.97 Å². The number of benzene rings is 1. The fraction of sp³-hybridized carbons (Fsp3) is 0.429. The normalized spacial score (nSPS) is 14.9. The average Bonchev–Trinajstić information content (AvgIpc) is 2.25. The zero-order valence-corrected chi connectivity index (χ0v) is 10.2. The van der Waals surface area contributed by atoms with Crippen LogP contribution in [0.2, 0.25) is 0 Å². The zero-order chi connectivity index (χ0) is 13.0. The Labute approximate surface area is 106 Å². The number of nitrogens with one attached hydrogen (secondary N) is 1. The molecule has 0 radical (unpaired) electrons. The largest absolute Gasteiger partial charge is 0.481 e. The van der Waals surface area contributed by atoms with Crippen LogP contribution in [0.4, 0.5) is 5.69 Å². The van der Waals surface area contributed by atoms with Crippen molar-refractivity contribution in [2.45, 2.75) is 32.1 Å². The second-order valence-corrected chi connectivity index (χ2v) is 4.71. The molecule has 0 spiro atoms. The maximum absolute atomic E-state index is 11.7. The first kappa shape index (κ1) is 12.6. The van der Waals surface area contributed by atoms with Crippen LogP contribution in [-0.2, 0) is 16.0 Å². The number of carbonyl (C=O) groups is 2. The molecule has 1 aromatic rings. The first-order chi connectivity index (χ1) is 8.65. The number of carbonyl (C=O) groups excluding carboxylic acids is 1. The molecule has 0 heterocycles. The minimum absolute atomic E-state index is 0.0968. The van der Waals surface area contributed by atoms with Crippen molar-refractivity contribution in [1.82, 2.24) is 0 Å². The maximum atomic E-state index is 11.7. The molecule has 0 bridgehead atoms. The quantitative estimate of drug-likeness (QED) is 0.839. The molecule has 0 unspecified atom stereocenters. The number of rotatable bonds is 5. The van der Waals surface area contributed by atoms with Crippen molar-refractivity contribution in [2.24, 2.45) is 5.92 Å². The lowest BCUT2D eigenvalue weighted by Crippen LogP contribution is -2.27. The highest BCUT2D eigenvalue weighted by molar-refractivity contribution is 5.93. The predicted octanol–water partition coefficient (Wildman–Crippen LogP) is 2.44. The van der Waals surface area contributed by atoms with Crippen LogP contribution in [0.3, 0.4) is 0 Å². The number of aliphatic carboxylic acids is 1. The summed E-state index contributed by atoms with van der Waals surface area (Å²) in [6.07, 6.45) is 3.78. The first-order valence-electron chi connectivity index (χ1n) is 6.27. The van der Waals surface area contributed by atoms with Crippen LogP contribution >= 0.6 is 0 Å². The Morgan fingerprint density at radius 1 is 1.22 bits per heavy atom. The highest BCUT2D eigenvalue weighted by Crippen LogP contribution is 2.27. The second kappa shape index (κ2) is 5.67. The van der Waals surface area contributed by atoms with Gasteiger partial charge in [0, 0.05) is 18.0 Å². The summed E-state index contributed by atoms with van der Waals surface area (Å²) in [7, 11) is 0. The fourth-order valence-corrected chi connectivity index (χ4v) is 1.92. The van der Waals surface area contributed by atoms with E-state index >= 15 is 0 Å². The lowest BCUT2D eigenvalue weighted by atomic mass is 9.85. The van der Waals surface area contributed by atoms with Crippen LogP contribution in [0.5, 0.6) is 0 Å². The van der Waals surface area contributed by atoms with Gasteiger partial charge < -0.3 is 10.4 Å². The smallest absolute Gasteiger partial charge is 0.303 e. The van der Waals surface area contributed by atoms with Crippen molar-refractivity contribution in [3.8, 4) is 0 Å². The van der Waals surface area contributed by atoms with Crippen LogP contribution in [-0.4, -0.2) is 17.0 Å². The predicted molar refractivity (Wildman–Crippen MR) is 68.4 cm³/mol. The summed E-state index contributed by atoms with van der Waals surface area (Å²) < 4.78 is 0. The van der Waals surface area contributed by atoms with Gasteiger partial charge in [-0.15, -0.1) is 0 Å². The first-order valence-corrected chi connectivity index (χ1v) is 6.27. The van der Waals surface area contributed by atoms with Gasteiger partial charge in [0.15, 0.2) is 0 Å². The summed E-state index contributed by atoms with van der Waals surface area (Å²) in [5, 5.41) is 11.5. The van der Waals surface area contributed by atoms with Gasteiger partial charge in [-0.1, -0.05) is 18.6 Å². The number of hydrogen-bond donors (Lipinski definition) is 2. The number of anilines is 1. The molecule has 1 amide bonds. The molecule has 4 nitrogen and oxygen atoms in total. The van der Waals surface area contributed by atoms with E-state index in [0.29, 0.717) is 6.42 Å². The fourth-order valence-electron chi connectivity index (χ4n) is 1.92. The van der Waals surface area contributed by atoms with Gasteiger partial charge in [-0.25, -0.2) is 0 Å². The summed E-state index contributed by atoms with van der Waals surface area (Å²) in [6.45, 7) is 0. The van der Waals surface area contributed by atoms with Gasteiger partial charge in [-0.3, -0.25) is 9.59 Å². The maximum Gasteiger partial charge on any atom is 0.303 e. The number of amides is 1. The molecule has 4 heteroatoms. The molecule has 1 fully saturated rings. The van der Waals surface area contributed by atoms with E-state index in [4.69, 9.17) is 5.11 Å². The van der Waals surface area contributed by atoms with Gasteiger partial charge in [0.05, 0.1) is 0 Å². The van der Waals surface area contributed by atoms with Gasteiger partial charge in [0.1, 0.15) is 0 Å². The highest BCUT2D eigenvalue weighted by Gasteiger charge is 2.24. The van der Waals surface area contributed by atoms with Crippen molar-refractivity contribution >= 4 is 17.6 Å². The third-order valence-electron chi connectivity index (χ3n) is 3.32. The molecule has 0 saturated heterocycles. The van der Waals surface area contributed by atoms with Crippen molar-refractivity contribution in [1.29, 1.82) is 0 Å². The summed E-state index contributed by atoms with van der Waals surface area (Å²) in [5.41, 5.74) is 1.75. The molecule has 1 saturated carbocycles. The molecule has 0 atom stereocenters. The van der Waals surface area contributed by atoms with Gasteiger partial charge in [-0.2, -0.15) is 0 Å². The standard InChI is InChI=1S/C14H17NO3/c16-13(17)9-6-10-4-7-12(8-5-10)15-14(18)11-2-1-3-11/h4-5,7-8,11H,1-3,6,9H2,(H,15,18)(H,16,17). The Bertz CT molecular complexity index is 435. The number of carboxylic acid groups (broad SMARTS) is 1. The molecule has 96 valence electrons. The minimum atomic E-state index is -0.794. The Kier molecular flexibility index (Phi) is 3.97. The average molecular weight is 247 g/mol. The third kappa shape index (κ3) is 3.32. The summed E-state index contributed by atoms with van der Waals surface area (Å²) >= 11 is 0. The molecule has 1 aliphatic carbocycles. The molecule has 1 aromatic carbocycles. The Morgan fingerprint density at radius 3 is 2.39 bits per heavy atom. The van der Waals surface area contributed by atoms with Crippen LogP contribution in [0, 0.1) is 5.92 Å². The van der Waals surface area contributed by atoms with Gasteiger partial charge in [0.25, 0.3) is 0 Å². The van der Waals surface area contributed by atoms with Crippen molar-refractivity contribution in [3.05, 3.63) is 29.8 Å². The van der Waals surface area contributed by atoms with E-state index in [-0.39, 0.29) is 18.2 Å². The third-order valence-corrected chi connectivity index (χ3v) is 3.32. The summed E-state index contributed by atoms with van der Waals surface area (Å²) in [5.74, 6) is -0.520. The summed E-state index contributed by atoms with van der Waals surface area (Å²) in [6, 6.07) is 7.38. The van der Waals surface area contributed by atoms with E-state index in [0.717, 1.165) is 30.5 Å². The lowest BCUT2D eigenvalue weighted by molar-refractivity contribution is -0.137. The van der Waals surface area contributed by atoms with E-state index < -0.39 is 5.97 Å². The molecule has 18 heavy (non-hydrogen) atoms. The topological polar surface area (TPSA) is 66.4 Å². The molecule has 1 aliphatic rings. The lowest BCUT2D eigenvalue weighted by Gasteiger charge is -2.24. The number of carboxylic acids is 1. The highest BCUT2D eigenvalue weighted by atomic mass is 16.4. The van der Waals surface area contributed by atoms with Crippen LogP contribution in [0.1, 0.15) is 31.2 Å². The summed E-state index contributed by atoms with van der Waals surface area (Å²) in [4.78, 5) is 22.1. The Hall–Kier alpha value is -1.84. The van der Waals surface area contributed by atoms with E-state index in [1.54, 1.807) is 0 Å². The van der Waals surface area contributed by atoms with Crippen LogP contribution < -0.4 is 5.32 Å². The Balaban J connectivity index is 1.86. The van der Waals surface area contributed by atoms with E-state index in [9.17, 15) is 9.59 Å². The van der Waals surface area contributed by atoms with E-state index in [1.807, 2.05) is 24.3 Å². The van der Waals surface area contributed by atoms with Gasteiger partial charge in [-0.05, 0) is 37.0 Å². The monoisotopic (exact) mass is 247 g/mol. The van der Waals surface area contributed by atoms with Crippen molar-refractivity contribution in [3.63, 3.8) is 0 Å². The van der Waals surface area contributed by atoms with E-state index in [2.05, 4.69) is 5.32 Å².